The van der Waals surface area contributed by atoms with E-state index in [2.05, 4.69) is 47.2 Å². The van der Waals surface area contributed by atoms with Gasteiger partial charge in [0, 0.05) is 28.1 Å². The SMILES string of the molecule is c1ccc2c(CSC3CCCCC3)c[nH]c2c1. The summed E-state index contributed by atoms with van der Waals surface area (Å²) < 4.78 is 0. The molecule has 1 aliphatic carbocycles. The van der Waals surface area contributed by atoms with E-state index in [1.54, 1.807) is 0 Å². The number of hydrogen-bond acceptors (Lipinski definition) is 1. The number of thioether (sulfide) groups is 1. The number of benzene rings is 1. The summed E-state index contributed by atoms with van der Waals surface area (Å²) in [6.07, 6.45) is 9.35. The van der Waals surface area contributed by atoms with Gasteiger partial charge in [0.1, 0.15) is 0 Å². The Kier molecular flexibility index (Phi) is 3.41. The highest BCUT2D eigenvalue weighted by molar-refractivity contribution is 7.99. The van der Waals surface area contributed by atoms with Crippen molar-refractivity contribution in [1.29, 1.82) is 0 Å². The van der Waals surface area contributed by atoms with Gasteiger partial charge in [-0.3, -0.25) is 0 Å². The van der Waals surface area contributed by atoms with Crippen LogP contribution in [0.2, 0.25) is 0 Å². The molecule has 1 saturated carbocycles. The van der Waals surface area contributed by atoms with Crippen LogP contribution >= 0.6 is 11.8 Å². The Bertz CT molecular complexity index is 482. The first kappa shape index (κ1) is 11.2. The number of aromatic nitrogens is 1. The van der Waals surface area contributed by atoms with Crippen molar-refractivity contribution in [1.82, 2.24) is 4.98 Å². The van der Waals surface area contributed by atoms with E-state index in [1.807, 2.05) is 0 Å². The molecule has 1 N–H and O–H groups in total. The minimum atomic E-state index is 0.900. The van der Waals surface area contributed by atoms with Crippen LogP contribution in [0.25, 0.3) is 10.9 Å². The molecule has 90 valence electrons. The van der Waals surface area contributed by atoms with E-state index in [9.17, 15) is 0 Å². The van der Waals surface area contributed by atoms with Crippen LogP contribution in [0.5, 0.6) is 0 Å². The van der Waals surface area contributed by atoms with E-state index in [-0.39, 0.29) is 0 Å². The molecule has 1 aromatic carbocycles. The lowest BCUT2D eigenvalue weighted by Crippen LogP contribution is -2.07. The topological polar surface area (TPSA) is 15.8 Å². The van der Waals surface area contributed by atoms with Gasteiger partial charge in [0.25, 0.3) is 0 Å². The zero-order valence-electron chi connectivity index (χ0n) is 10.1. The molecular weight excluding hydrogens is 226 g/mol. The van der Waals surface area contributed by atoms with Crippen LogP contribution in [-0.4, -0.2) is 10.2 Å². The maximum atomic E-state index is 3.36. The van der Waals surface area contributed by atoms with Crippen LogP contribution in [0.4, 0.5) is 0 Å². The maximum absolute atomic E-state index is 3.36. The van der Waals surface area contributed by atoms with Gasteiger partial charge >= 0.3 is 0 Å². The lowest BCUT2D eigenvalue weighted by Gasteiger charge is -2.20. The predicted molar refractivity (Wildman–Crippen MR) is 76.5 cm³/mol. The lowest BCUT2D eigenvalue weighted by molar-refractivity contribution is 0.516. The van der Waals surface area contributed by atoms with E-state index in [0.717, 1.165) is 11.0 Å². The van der Waals surface area contributed by atoms with Gasteiger partial charge in [-0.25, -0.2) is 0 Å². The molecule has 2 heteroatoms. The highest BCUT2D eigenvalue weighted by Gasteiger charge is 2.14. The third-order valence-corrected chi connectivity index (χ3v) is 5.12. The monoisotopic (exact) mass is 245 g/mol. The molecule has 1 fully saturated rings. The van der Waals surface area contributed by atoms with E-state index in [0.29, 0.717) is 0 Å². The van der Waals surface area contributed by atoms with E-state index in [4.69, 9.17) is 0 Å². The molecule has 0 spiro atoms. The summed E-state index contributed by atoms with van der Waals surface area (Å²) in [4.78, 5) is 3.36. The number of aromatic amines is 1. The van der Waals surface area contributed by atoms with Gasteiger partial charge in [-0.1, -0.05) is 37.5 Å². The molecule has 1 nitrogen and oxygen atoms in total. The highest BCUT2D eigenvalue weighted by Crippen LogP contribution is 2.32. The molecule has 1 aromatic heterocycles. The Morgan fingerprint density at radius 3 is 2.82 bits per heavy atom. The van der Waals surface area contributed by atoms with Crippen molar-refractivity contribution in [3.05, 3.63) is 36.0 Å². The van der Waals surface area contributed by atoms with Crippen molar-refractivity contribution in [2.75, 3.05) is 0 Å². The Balaban J connectivity index is 1.68. The number of rotatable bonds is 3. The Morgan fingerprint density at radius 2 is 1.94 bits per heavy atom. The van der Waals surface area contributed by atoms with Crippen molar-refractivity contribution in [3.8, 4) is 0 Å². The van der Waals surface area contributed by atoms with Gasteiger partial charge in [-0.05, 0) is 24.5 Å². The number of nitrogens with one attached hydrogen (secondary N) is 1. The van der Waals surface area contributed by atoms with E-state index < -0.39 is 0 Å². The minimum Gasteiger partial charge on any atom is -0.361 e. The number of fused-ring (bicyclic) bond motifs is 1. The second kappa shape index (κ2) is 5.18. The summed E-state index contributed by atoms with van der Waals surface area (Å²) in [6.45, 7) is 0. The minimum absolute atomic E-state index is 0.900. The molecular formula is C15H19NS. The number of para-hydroxylation sites is 1. The fraction of sp³-hybridized carbons (Fsp3) is 0.467. The van der Waals surface area contributed by atoms with E-state index >= 15 is 0 Å². The average molecular weight is 245 g/mol. The van der Waals surface area contributed by atoms with Crippen LogP contribution in [0.15, 0.2) is 30.5 Å². The smallest absolute Gasteiger partial charge is 0.0457 e. The molecule has 0 radical (unpaired) electrons. The van der Waals surface area contributed by atoms with Crippen molar-refractivity contribution in [2.24, 2.45) is 0 Å². The summed E-state index contributed by atoms with van der Waals surface area (Å²) in [5.41, 5.74) is 2.74. The van der Waals surface area contributed by atoms with Crippen molar-refractivity contribution < 1.29 is 0 Å². The third-order valence-electron chi connectivity index (χ3n) is 3.70. The molecule has 0 atom stereocenters. The van der Waals surface area contributed by atoms with Crippen LogP contribution in [0.1, 0.15) is 37.7 Å². The number of H-pyrrole nitrogens is 1. The summed E-state index contributed by atoms with van der Waals surface area (Å²) >= 11 is 2.15. The molecule has 0 amide bonds. The zero-order valence-corrected chi connectivity index (χ0v) is 10.9. The largest absolute Gasteiger partial charge is 0.361 e. The zero-order chi connectivity index (χ0) is 11.5. The quantitative estimate of drug-likeness (QED) is 0.826. The molecule has 1 aliphatic rings. The van der Waals surface area contributed by atoms with Crippen molar-refractivity contribution in [3.63, 3.8) is 0 Å². The number of hydrogen-bond donors (Lipinski definition) is 1. The van der Waals surface area contributed by atoms with Crippen LogP contribution in [-0.2, 0) is 5.75 Å². The average Bonchev–Trinajstić information content (AvgIpc) is 2.81. The van der Waals surface area contributed by atoms with Crippen LogP contribution < -0.4 is 0 Å². The summed E-state index contributed by atoms with van der Waals surface area (Å²) in [5, 5.41) is 2.30. The summed E-state index contributed by atoms with van der Waals surface area (Å²) in [5.74, 6) is 1.16. The Hall–Kier alpha value is -0.890. The molecule has 0 bridgehead atoms. The van der Waals surface area contributed by atoms with Gasteiger partial charge in [0.15, 0.2) is 0 Å². The van der Waals surface area contributed by atoms with Gasteiger partial charge in [0.05, 0.1) is 0 Å². The van der Waals surface area contributed by atoms with Gasteiger partial charge in [-0.15, -0.1) is 0 Å². The van der Waals surface area contributed by atoms with E-state index in [1.165, 1.54) is 48.6 Å². The molecule has 3 rings (SSSR count). The van der Waals surface area contributed by atoms with Gasteiger partial charge in [0.2, 0.25) is 0 Å². The van der Waals surface area contributed by atoms with Crippen LogP contribution in [0, 0.1) is 0 Å². The predicted octanol–water partition coefficient (Wildman–Crippen LogP) is 4.73. The van der Waals surface area contributed by atoms with Gasteiger partial charge < -0.3 is 4.98 Å². The Labute approximate surface area is 107 Å². The highest BCUT2D eigenvalue weighted by atomic mass is 32.2. The maximum Gasteiger partial charge on any atom is 0.0457 e. The first-order valence-corrected chi connectivity index (χ1v) is 7.65. The standard InChI is InChI=1S/C15H19NS/c1-2-6-13(7-3-1)17-11-12-10-16-15-9-5-4-8-14(12)15/h4-5,8-10,13,16H,1-3,6-7,11H2. The van der Waals surface area contributed by atoms with Crippen LogP contribution in [0.3, 0.4) is 0 Å². The van der Waals surface area contributed by atoms with Gasteiger partial charge in [-0.2, -0.15) is 11.8 Å². The molecule has 1 heterocycles. The summed E-state index contributed by atoms with van der Waals surface area (Å²) in [7, 11) is 0. The summed E-state index contributed by atoms with van der Waals surface area (Å²) in [6, 6.07) is 8.61. The first-order chi connectivity index (χ1) is 8.43. The normalized spacial score (nSPS) is 17.6. The van der Waals surface area contributed by atoms with Crippen molar-refractivity contribution in [2.45, 2.75) is 43.1 Å². The third kappa shape index (κ3) is 2.52. The molecule has 0 unspecified atom stereocenters. The second-order valence-corrected chi connectivity index (χ2v) is 6.22. The second-order valence-electron chi connectivity index (χ2n) is 4.93. The fourth-order valence-electron chi connectivity index (χ4n) is 2.69. The molecule has 0 aliphatic heterocycles. The molecule has 0 saturated heterocycles. The Morgan fingerprint density at radius 1 is 1.12 bits per heavy atom. The molecule has 17 heavy (non-hydrogen) atoms. The lowest BCUT2D eigenvalue weighted by atomic mass is 10.0. The first-order valence-electron chi connectivity index (χ1n) is 6.60. The van der Waals surface area contributed by atoms with Crippen molar-refractivity contribution >= 4 is 22.7 Å². The fourth-order valence-corrected chi connectivity index (χ4v) is 4.01. The molecule has 2 aromatic rings.